The Bertz CT molecular complexity index is 1210. The van der Waals surface area contributed by atoms with Crippen LogP contribution in [0.2, 0.25) is 0 Å². The van der Waals surface area contributed by atoms with Gasteiger partial charge in [-0.1, -0.05) is 59.3 Å². The highest BCUT2D eigenvalue weighted by Gasteiger charge is 2.33. The average Bonchev–Trinajstić information content (AvgIpc) is 3.31. The molecular formula is C27H31N5O3. The second-order valence-electron chi connectivity index (χ2n) is 9.49. The molecule has 0 unspecified atom stereocenters. The summed E-state index contributed by atoms with van der Waals surface area (Å²) in [5.74, 6) is -0.171. The lowest BCUT2D eigenvalue weighted by molar-refractivity contribution is -0.126. The number of benzene rings is 2. The highest BCUT2D eigenvalue weighted by Crippen LogP contribution is 2.28. The zero-order valence-electron chi connectivity index (χ0n) is 20.2. The van der Waals surface area contributed by atoms with E-state index in [2.05, 4.69) is 46.8 Å². The van der Waals surface area contributed by atoms with E-state index in [1.165, 1.54) is 11.1 Å². The summed E-state index contributed by atoms with van der Waals surface area (Å²) in [6.45, 7) is 6.51. The van der Waals surface area contributed by atoms with Crippen LogP contribution in [-0.4, -0.2) is 44.8 Å². The molecule has 1 saturated heterocycles. The number of aryl methyl sites for hydroxylation is 2. The molecule has 2 amide bonds. The smallest absolute Gasteiger partial charge is 0.276 e. The summed E-state index contributed by atoms with van der Waals surface area (Å²) in [7, 11) is 0. The van der Waals surface area contributed by atoms with Gasteiger partial charge in [-0.25, -0.2) is 4.68 Å². The van der Waals surface area contributed by atoms with Gasteiger partial charge in [-0.05, 0) is 43.4 Å². The summed E-state index contributed by atoms with van der Waals surface area (Å²) >= 11 is 0. The highest BCUT2D eigenvalue weighted by atomic mass is 16.5. The van der Waals surface area contributed by atoms with Crippen LogP contribution in [0.5, 0.6) is 0 Å². The third-order valence-corrected chi connectivity index (χ3v) is 7.12. The largest absolute Gasteiger partial charge is 0.365 e. The van der Waals surface area contributed by atoms with Crippen molar-refractivity contribution in [3.63, 3.8) is 0 Å². The molecule has 2 aromatic carbocycles. The monoisotopic (exact) mass is 473 g/mol. The normalized spacial score (nSPS) is 18.2. The number of hydrogen-bond donors (Lipinski definition) is 1. The summed E-state index contributed by atoms with van der Waals surface area (Å²) in [6.07, 6.45) is 1.17. The quantitative estimate of drug-likeness (QED) is 0.614. The van der Waals surface area contributed by atoms with E-state index in [1.54, 1.807) is 9.58 Å². The molecule has 1 N–H and O–H groups in total. The van der Waals surface area contributed by atoms with Crippen LogP contribution in [0.1, 0.15) is 57.4 Å². The van der Waals surface area contributed by atoms with Gasteiger partial charge < -0.3 is 15.0 Å². The Hall–Kier alpha value is -3.52. The number of hydrogen-bond acceptors (Lipinski definition) is 5. The second-order valence-corrected chi connectivity index (χ2v) is 9.49. The fraction of sp³-hybridized carbons (Fsp3) is 0.407. The summed E-state index contributed by atoms with van der Waals surface area (Å²) in [4.78, 5) is 27.7. The third-order valence-electron chi connectivity index (χ3n) is 7.12. The van der Waals surface area contributed by atoms with Gasteiger partial charge in [-0.2, -0.15) is 0 Å². The molecule has 1 aromatic heterocycles. The van der Waals surface area contributed by atoms with Gasteiger partial charge >= 0.3 is 0 Å². The maximum Gasteiger partial charge on any atom is 0.276 e. The molecule has 0 radical (unpaired) electrons. The Kier molecular flexibility index (Phi) is 6.63. The summed E-state index contributed by atoms with van der Waals surface area (Å²) in [5, 5.41) is 11.5. The highest BCUT2D eigenvalue weighted by molar-refractivity contribution is 5.93. The van der Waals surface area contributed by atoms with Crippen LogP contribution in [0.15, 0.2) is 48.5 Å². The van der Waals surface area contributed by atoms with E-state index < -0.39 is 0 Å². The topological polar surface area (TPSA) is 89.4 Å². The van der Waals surface area contributed by atoms with Gasteiger partial charge in [0.2, 0.25) is 5.91 Å². The molecule has 2 aliphatic rings. The lowest BCUT2D eigenvalue weighted by Gasteiger charge is -2.31. The lowest BCUT2D eigenvalue weighted by Crippen LogP contribution is -2.43. The minimum Gasteiger partial charge on any atom is -0.365 e. The number of rotatable bonds is 5. The lowest BCUT2D eigenvalue weighted by atomic mass is 9.95. The van der Waals surface area contributed by atoms with E-state index in [9.17, 15) is 9.59 Å². The first kappa shape index (κ1) is 23.2. The van der Waals surface area contributed by atoms with Crippen LogP contribution in [-0.2, 0) is 29.2 Å². The van der Waals surface area contributed by atoms with E-state index >= 15 is 0 Å². The van der Waals surface area contributed by atoms with Crippen molar-refractivity contribution in [3.05, 3.63) is 82.2 Å². The Labute approximate surface area is 205 Å². The molecule has 1 fully saturated rings. The van der Waals surface area contributed by atoms with Gasteiger partial charge in [0.05, 0.1) is 18.8 Å². The van der Waals surface area contributed by atoms with Crippen LogP contribution in [0.4, 0.5) is 0 Å². The van der Waals surface area contributed by atoms with Crippen LogP contribution in [0, 0.1) is 19.8 Å². The number of nitrogens with zero attached hydrogens (tertiary/aromatic N) is 4. The summed E-state index contributed by atoms with van der Waals surface area (Å²) in [6, 6.07) is 16.3. The zero-order chi connectivity index (χ0) is 24.4. The van der Waals surface area contributed by atoms with Crippen molar-refractivity contribution in [1.82, 2.24) is 25.2 Å². The molecule has 0 aliphatic carbocycles. The van der Waals surface area contributed by atoms with Crippen molar-refractivity contribution in [3.8, 4) is 0 Å². The van der Waals surface area contributed by atoms with E-state index in [1.807, 2.05) is 31.2 Å². The molecule has 0 saturated carbocycles. The number of carbonyl (C=O) groups excluding carboxylic acids is 2. The van der Waals surface area contributed by atoms with E-state index in [0.717, 1.165) is 16.8 Å². The number of piperidine rings is 1. The first-order valence-electron chi connectivity index (χ1n) is 12.2. The van der Waals surface area contributed by atoms with Crippen molar-refractivity contribution >= 4 is 11.8 Å². The number of aromatic nitrogens is 3. The van der Waals surface area contributed by atoms with Gasteiger partial charge in [-0.3, -0.25) is 9.59 Å². The van der Waals surface area contributed by atoms with Gasteiger partial charge in [0.15, 0.2) is 5.69 Å². The van der Waals surface area contributed by atoms with Gasteiger partial charge in [0.25, 0.3) is 5.91 Å². The molecule has 3 aromatic rings. The predicted octanol–water partition coefficient (Wildman–Crippen LogP) is 3.34. The second kappa shape index (κ2) is 10.00. The van der Waals surface area contributed by atoms with E-state index in [-0.39, 0.29) is 23.8 Å². The molecule has 3 heterocycles. The van der Waals surface area contributed by atoms with E-state index in [0.29, 0.717) is 51.3 Å². The fourth-order valence-corrected chi connectivity index (χ4v) is 4.79. The van der Waals surface area contributed by atoms with Gasteiger partial charge in [0.1, 0.15) is 6.10 Å². The molecule has 0 bridgehead atoms. The number of likely N-dealkylation sites (tertiary alicyclic amines) is 1. The SMILES string of the molecule is Cc1ccc([C@@H]2Cn3nnc(C(=O)N4CCC(C(=O)NCc5ccccc5C)CC4)c3CO2)cc1. The molecular weight excluding hydrogens is 442 g/mol. The summed E-state index contributed by atoms with van der Waals surface area (Å²) in [5.41, 5.74) is 5.65. The molecule has 1 atom stereocenters. The first-order chi connectivity index (χ1) is 17.0. The molecule has 8 heteroatoms. The number of carbonyl (C=O) groups is 2. The maximum absolute atomic E-state index is 13.2. The fourth-order valence-electron chi connectivity index (χ4n) is 4.79. The van der Waals surface area contributed by atoms with Crippen LogP contribution < -0.4 is 5.32 Å². The van der Waals surface area contributed by atoms with Crippen LogP contribution in [0.25, 0.3) is 0 Å². The zero-order valence-corrected chi connectivity index (χ0v) is 20.2. The van der Waals surface area contributed by atoms with Crippen LogP contribution >= 0.6 is 0 Å². The average molecular weight is 474 g/mol. The Balaban J connectivity index is 1.16. The Morgan fingerprint density at radius 1 is 1.06 bits per heavy atom. The Morgan fingerprint density at radius 3 is 2.54 bits per heavy atom. The summed E-state index contributed by atoms with van der Waals surface area (Å²) < 4.78 is 7.85. The van der Waals surface area contributed by atoms with E-state index in [4.69, 9.17) is 4.74 Å². The number of fused-ring (bicyclic) bond motifs is 1. The van der Waals surface area contributed by atoms with Crippen molar-refractivity contribution < 1.29 is 14.3 Å². The third kappa shape index (κ3) is 4.98. The van der Waals surface area contributed by atoms with Crippen molar-refractivity contribution in [2.24, 2.45) is 5.92 Å². The number of ether oxygens (including phenoxy) is 1. The standard InChI is InChI=1S/C27H31N5O3/c1-18-7-9-20(10-8-18)24-16-32-23(17-35-24)25(29-30-32)27(34)31-13-11-21(12-14-31)26(33)28-15-22-6-4-3-5-19(22)2/h3-10,21,24H,11-17H2,1-2H3,(H,28,33)/t24-/m0/s1. The van der Waals surface area contributed by atoms with Gasteiger partial charge in [0, 0.05) is 25.6 Å². The van der Waals surface area contributed by atoms with Crippen molar-refractivity contribution in [1.29, 1.82) is 0 Å². The number of nitrogens with one attached hydrogen (secondary N) is 1. The van der Waals surface area contributed by atoms with Gasteiger partial charge in [-0.15, -0.1) is 5.10 Å². The number of amides is 2. The molecule has 0 spiro atoms. The minimum atomic E-state index is -0.137. The minimum absolute atomic E-state index is 0.0527. The van der Waals surface area contributed by atoms with Crippen molar-refractivity contribution in [2.75, 3.05) is 13.1 Å². The molecule has 2 aliphatic heterocycles. The maximum atomic E-state index is 13.2. The van der Waals surface area contributed by atoms with Crippen molar-refractivity contribution in [2.45, 2.75) is 52.5 Å². The predicted molar refractivity (Wildman–Crippen MR) is 130 cm³/mol. The molecule has 182 valence electrons. The molecule has 35 heavy (non-hydrogen) atoms. The molecule has 5 rings (SSSR count). The Morgan fingerprint density at radius 2 is 1.80 bits per heavy atom. The first-order valence-corrected chi connectivity index (χ1v) is 12.2. The van der Waals surface area contributed by atoms with Crippen LogP contribution in [0.3, 0.4) is 0 Å². The molecule has 8 nitrogen and oxygen atoms in total.